The maximum Gasteiger partial charge on any atom is 0.219 e. The third-order valence-corrected chi connectivity index (χ3v) is 2.20. The Morgan fingerprint density at radius 1 is 1.06 bits per heavy atom. The lowest BCUT2D eigenvalue weighted by Gasteiger charge is -2.24. The molecule has 0 aromatic rings. The molecule has 0 saturated carbocycles. The topological polar surface area (TPSA) is 77.9 Å². The molecule has 0 unspecified atom stereocenters. The number of aliphatic hydroxyl groups excluding tert-OH is 1. The minimum absolute atomic E-state index is 0.0280. The maximum absolute atomic E-state index is 11.1. The Morgan fingerprint density at radius 3 is 1.94 bits per heavy atom. The van der Waals surface area contributed by atoms with E-state index in [0.29, 0.717) is 19.4 Å². The van der Waals surface area contributed by atoms with E-state index in [1.165, 1.54) is 23.6 Å². The van der Waals surface area contributed by atoms with Crippen molar-refractivity contribution in [2.24, 2.45) is 0 Å². The lowest BCUT2D eigenvalue weighted by Crippen LogP contribution is -2.41. The van der Waals surface area contributed by atoms with Crippen LogP contribution in [0.15, 0.2) is 0 Å². The van der Waals surface area contributed by atoms with Crippen molar-refractivity contribution >= 4 is 18.1 Å². The summed E-state index contributed by atoms with van der Waals surface area (Å²) in [5.41, 5.74) is 0. The summed E-state index contributed by atoms with van der Waals surface area (Å²) in [5, 5.41) is 8.73. The van der Waals surface area contributed by atoms with Gasteiger partial charge in [-0.15, -0.1) is 0 Å². The fourth-order valence-electron chi connectivity index (χ4n) is 1.26. The van der Waals surface area contributed by atoms with Gasteiger partial charge in [-0.1, -0.05) is 0 Å². The molecule has 0 saturated heterocycles. The summed E-state index contributed by atoms with van der Waals surface area (Å²) >= 11 is 0. The molecule has 16 heavy (non-hydrogen) atoms. The molecule has 0 spiro atoms. The van der Waals surface area contributed by atoms with Gasteiger partial charge in [-0.2, -0.15) is 0 Å². The minimum atomic E-state index is -0.209. The van der Waals surface area contributed by atoms with E-state index in [4.69, 9.17) is 5.11 Å². The number of hydrogen-bond donors (Lipinski definition) is 1. The summed E-state index contributed by atoms with van der Waals surface area (Å²) in [5.74, 6) is -0.372. The molecule has 0 aromatic heterocycles. The van der Waals surface area contributed by atoms with Gasteiger partial charge < -0.3 is 19.7 Å². The maximum atomic E-state index is 11.1. The number of amides is 2. The number of rotatable bonds is 7. The highest BCUT2D eigenvalue weighted by atomic mass is 16.3. The van der Waals surface area contributed by atoms with Crippen molar-refractivity contribution < 1.29 is 19.5 Å². The fraction of sp³-hybridized carbons (Fsp3) is 0.700. The van der Waals surface area contributed by atoms with Crippen LogP contribution in [0.4, 0.5) is 0 Å². The zero-order valence-corrected chi connectivity index (χ0v) is 9.68. The Kier molecular flexibility index (Phi) is 7.11. The molecule has 0 aliphatic heterocycles. The number of carbonyl (C=O) groups is 3. The smallest absolute Gasteiger partial charge is 0.219 e. The molecular weight excluding hydrogens is 212 g/mol. The number of aliphatic hydroxyl groups is 1. The predicted octanol–water partition coefficient (Wildman–Crippen LogP) is -1.13. The van der Waals surface area contributed by atoms with E-state index in [0.717, 1.165) is 0 Å². The molecule has 0 radical (unpaired) electrons. The molecule has 0 aliphatic carbocycles. The van der Waals surface area contributed by atoms with Crippen LogP contribution in [-0.2, 0) is 14.4 Å². The second-order valence-corrected chi connectivity index (χ2v) is 3.36. The molecule has 6 nitrogen and oxygen atoms in total. The van der Waals surface area contributed by atoms with Gasteiger partial charge in [0.05, 0.1) is 13.2 Å². The average Bonchev–Trinajstić information content (AvgIpc) is 2.21. The second kappa shape index (κ2) is 7.81. The normalized spacial score (nSPS) is 9.69. The molecule has 6 heteroatoms. The Hall–Kier alpha value is -1.43. The van der Waals surface area contributed by atoms with Gasteiger partial charge in [0.1, 0.15) is 6.29 Å². The van der Waals surface area contributed by atoms with Crippen molar-refractivity contribution in [2.45, 2.75) is 13.8 Å². The van der Waals surface area contributed by atoms with E-state index in [1.807, 2.05) is 0 Å². The van der Waals surface area contributed by atoms with E-state index in [1.54, 1.807) is 0 Å². The summed E-state index contributed by atoms with van der Waals surface area (Å²) in [4.78, 5) is 35.3. The van der Waals surface area contributed by atoms with Crippen LogP contribution in [0.3, 0.4) is 0 Å². The highest BCUT2D eigenvalue weighted by molar-refractivity contribution is 5.76. The zero-order chi connectivity index (χ0) is 12.6. The molecule has 1 N–H and O–H groups in total. The number of carbonyl (C=O) groups excluding carboxylic acids is 3. The van der Waals surface area contributed by atoms with E-state index in [-0.39, 0.29) is 31.5 Å². The van der Waals surface area contributed by atoms with Crippen LogP contribution in [0, 0.1) is 0 Å². The minimum Gasteiger partial charge on any atom is -0.395 e. The van der Waals surface area contributed by atoms with Crippen molar-refractivity contribution in [1.82, 2.24) is 9.80 Å². The van der Waals surface area contributed by atoms with Gasteiger partial charge in [0.25, 0.3) is 0 Å². The monoisotopic (exact) mass is 230 g/mol. The van der Waals surface area contributed by atoms with Crippen LogP contribution < -0.4 is 0 Å². The average molecular weight is 230 g/mol. The number of nitrogens with zero attached hydrogens (tertiary/aromatic N) is 2. The molecule has 0 heterocycles. The summed E-state index contributed by atoms with van der Waals surface area (Å²) < 4.78 is 0. The standard InChI is InChI=1S/C10H18N2O4/c1-9(15)11(5-7-13)3-4-12(6-8-14)10(2)16/h7,14H,3-6,8H2,1-2H3. The molecule has 0 bridgehead atoms. The van der Waals surface area contributed by atoms with E-state index in [9.17, 15) is 14.4 Å². The Morgan fingerprint density at radius 2 is 1.56 bits per heavy atom. The molecule has 0 aliphatic rings. The van der Waals surface area contributed by atoms with Crippen molar-refractivity contribution in [3.8, 4) is 0 Å². The molecule has 0 rings (SSSR count). The third-order valence-electron chi connectivity index (χ3n) is 2.20. The fourth-order valence-corrected chi connectivity index (χ4v) is 1.26. The first-order valence-corrected chi connectivity index (χ1v) is 5.08. The van der Waals surface area contributed by atoms with E-state index < -0.39 is 0 Å². The molecule has 0 aromatic carbocycles. The molecule has 0 atom stereocenters. The molecule has 2 amide bonds. The van der Waals surface area contributed by atoms with Crippen molar-refractivity contribution in [3.63, 3.8) is 0 Å². The first-order valence-electron chi connectivity index (χ1n) is 5.08. The van der Waals surface area contributed by atoms with Crippen molar-refractivity contribution in [1.29, 1.82) is 0 Å². The van der Waals surface area contributed by atoms with Crippen LogP contribution in [0.2, 0.25) is 0 Å². The second-order valence-electron chi connectivity index (χ2n) is 3.36. The summed E-state index contributed by atoms with van der Waals surface area (Å²) in [6.07, 6.45) is 0.644. The zero-order valence-electron chi connectivity index (χ0n) is 9.68. The Labute approximate surface area is 94.8 Å². The molecule has 0 fully saturated rings. The van der Waals surface area contributed by atoms with E-state index >= 15 is 0 Å². The van der Waals surface area contributed by atoms with Gasteiger partial charge in [-0.25, -0.2) is 0 Å². The first-order chi connectivity index (χ1) is 7.52. The van der Waals surface area contributed by atoms with Gasteiger partial charge in [0.15, 0.2) is 0 Å². The van der Waals surface area contributed by atoms with Gasteiger partial charge in [0.2, 0.25) is 11.8 Å². The van der Waals surface area contributed by atoms with Crippen LogP contribution in [-0.4, -0.2) is 65.8 Å². The highest BCUT2D eigenvalue weighted by Gasteiger charge is 2.12. The largest absolute Gasteiger partial charge is 0.395 e. The van der Waals surface area contributed by atoms with Crippen LogP contribution >= 0.6 is 0 Å². The first kappa shape index (κ1) is 14.6. The van der Waals surface area contributed by atoms with Gasteiger partial charge in [-0.3, -0.25) is 9.59 Å². The van der Waals surface area contributed by atoms with Gasteiger partial charge in [-0.05, 0) is 0 Å². The van der Waals surface area contributed by atoms with Crippen LogP contribution in [0.5, 0.6) is 0 Å². The lowest BCUT2D eigenvalue weighted by atomic mass is 10.4. The van der Waals surface area contributed by atoms with Crippen LogP contribution in [0.25, 0.3) is 0 Å². The summed E-state index contributed by atoms with van der Waals surface area (Å²) in [6, 6.07) is 0. The highest BCUT2D eigenvalue weighted by Crippen LogP contribution is 1.93. The van der Waals surface area contributed by atoms with Crippen molar-refractivity contribution in [2.75, 3.05) is 32.8 Å². The Balaban J connectivity index is 4.19. The lowest BCUT2D eigenvalue weighted by molar-refractivity contribution is -0.134. The number of hydrogen-bond acceptors (Lipinski definition) is 4. The molecular formula is C10H18N2O4. The summed E-state index contributed by atoms with van der Waals surface area (Å²) in [6.45, 7) is 3.54. The SMILES string of the molecule is CC(=O)N(CC=O)CCN(CCO)C(C)=O. The third kappa shape index (κ3) is 5.45. The molecule has 92 valence electrons. The van der Waals surface area contributed by atoms with Gasteiger partial charge >= 0.3 is 0 Å². The Bertz CT molecular complexity index is 255. The van der Waals surface area contributed by atoms with Gasteiger partial charge in [0, 0.05) is 33.5 Å². The van der Waals surface area contributed by atoms with Crippen molar-refractivity contribution in [3.05, 3.63) is 0 Å². The summed E-state index contributed by atoms with van der Waals surface area (Å²) in [7, 11) is 0. The quantitative estimate of drug-likeness (QED) is 0.562. The number of aldehydes is 1. The van der Waals surface area contributed by atoms with E-state index in [2.05, 4.69) is 0 Å². The predicted molar refractivity (Wildman–Crippen MR) is 57.7 cm³/mol. The van der Waals surface area contributed by atoms with Crippen LogP contribution in [0.1, 0.15) is 13.8 Å².